The van der Waals surface area contributed by atoms with Crippen LogP contribution in [0.15, 0.2) is 90.3 Å². The van der Waals surface area contributed by atoms with Gasteiger partial charge in [-0.1, -0.05) is 86.6 Å². The fourth-order valence-electron chi connectivity index (χ4n) is 4.11. The number of likely N-dealkylation sites (N-methyl/N-ethyl adjacent to an activating group) is 1. The second-order valence-electron chi connectivity index (χ2n) is 10.0. The first-order chi connectivity index (χ1) is 20.3. The minimum Gasteiger partial charge on any atom is -0.488 e. The van der Waals surface area contributed by atoms with Crippen LogP contribution in [0.1, 0.15) is 41.9 Å². The molecule has 42 heavy (non-hydrogen) atoms. The first-order valence-corrected chi connectivity index (χ1v) is 14.4. The van der Waals surface area contributed by atoms with Gasteiger partial charge in [0.15, 0.2) is 0 Å². The number of hydrazine groups is 1. The van der Waals surface area contributed by atoms with Gasteiger partial charge in [0.25, 0.3) is 11.8 Å². The summed E-state index contributed by atoms with van der Waals surface area (Å²) in [5, 5.41) is 2.22. The Morgan fingerprint density at radius 2 is 1.48 bits per heavy atom. The zero-order valence-corrected chi connectivity index (χ0v) is 24.6. The van der Waals surface area contributed by atoms with Gasteiger partial charge in [0.05, 0.1) is 5.56 Å². The van der Waals surface area contributed by atoms with E-state index in [2.05, 4.69) is 15.8 Å². The minimum atomic E-state index is -0.854. The average molecular weight is 587 g/mol. The number of carbonyl (C=O) groups is 3. The number of para-hydroxylation sites is 1. The van der Waals surface area contributed by atoms with Crippen LogP contribution < -0.4 is 15.6 Å². The molecule has 9 nitrogen and oxygen atoms in total. The number of hydrogen-bond donors (Lipinski definition) is 2. The summed E-state index contributed by atoms with van der Waals surface area (Å²) in [6.45, 7) is 4.37. The molecule has 2 N–H and O–H groups in total. The average Bonchev–Trinajstić information content (AvgIpc) is 3.51. The third kappa shape index (κ3) is 8.40. The van der Waals surface area contributed by atoms with Crippen LogP contribution in [-0.2, 0) is 22.7 Å². The van der Waals surface area contributed by atoms with Gasteiger partial charge in [0.1, 0.15) is 35.7 Å². The van der Waals surface area contributed by atoms with Crippen molar-refractivity contribution in [2.45, 2.75) is 39.5 Å². The molecule has 10 heteroatoms. The number of carbonyl (C=O) groups excluding carboxylic acids is 3. The molecule has 0 aliphatic rings. The molecule has 0 saturated heterocycles. The quantitative estimate of drug-likeness (QED) is 0.214. The van der Waals surface area contributed by atoms with Crippen LogP contribution in [0.25, 0.3) is 10.6 Å². The molecule has 1 heterocycles. The third-order valence-electron chi connectivity index (χ3n) is 6.35. The SMILES string of the molecule is CC(C)C[C@H](C(=O)NNC(=O)c1csc(-c2ccccc2OCc2ccccc2)n1)N(C)C(=O)OCc1ccccc1. The Hall–Kier alpha value is -4.70. The van der Waals surface area contributed by atoms with Gasteiger partial charge in [-0.15, -0.1) is 11.3 Å². The second kappa shape index (κ2) is 14.8. The largest absolute Gasteiger partial charge is 0.488 e. The van der Waals surface area contributed by atoms with Crippen LogP contribution in [0.2, 0.25) is 0 Å². The van der Waals surface area contributed by atoms with Crippen molar-refractivity contribution in [2.75, 3.05) is 7.05 Å². The monoisotopic (exact) mass is 586 g/mol. The highest BCUT2D eigenvalue weighted by Crippen LogP contribution is 2.32. The van der Waals surface area contributed by atoms with Gasteiger partial charge in [-0.3, -0.25) is 25.3 Å². The van der Waals surface area contributed by atoms with E-state index in [1.54, 1.807) is 5.38 Å². The molecular weight excluding hydrogens is 552 g/mol. The zero-order valence-electron chi connectivity index (χ0n) is 23.8. The molecule has 0 aliphatic heterocycles. The van der Waals surface area contributed by atoms with Gasteiger partial charge >= 0.3 is 6.09 Å². The molecule has 4 aromatic rings. The Balaban J connectivity index is 1.36. The summed E-state index contributed by atoms with van der Waals surface area (Å²) in [6, 6.07) is 25.8. The Labute approximate surface area is 249 Å². The maximum absolute atomic E-state index is 13.1. The molecule has 0 bridgehead atoms. The normalized spacial score (nSPS) is 11.4. The van der Waals surface area contributed by atoms with Gasteiger partial charge in [0.2, 0.25) is 0 Å². The number of ether oxygens (including phenoxy) is 2. The summed E-state index contributed by atoms with van der Waals surface area (Å²) in [7, 11) is 1.51. The topological polar surface area (TPSA) is 110 Å². The van der Waals surface area contributed by atoms with E-state index in [4.69, 9.17) is 9.47 Å². The fraction of sp³-hybridized carbons (Fsp3) is 0.250. The number of benzene rings is 3. The predicted octanol–water partition coefficient (Wildman–Crippen LogP) is 5.83. The molecular formula is C32H34N4O5S. The van der Waals surface area contributed by atoms with E-state index in [1.807, 2.05) is 98.8 Å². The van der Waals surface area contributed by atoms with Crippen molar-refractivity contribution < 1.29 is 23.9 Å². The molecule has 1 aromatic heterocycles. The summed E-state index contributed by atoms with van der Waals surface area (Å²) in [5.74, 6) is -0.363. The van der Waals surface area contributed by atoms with Gasteiger partial charge in [0, 0.05) is 12.4 Å². The van der Waals surface area contributed by atoms with Gasteiger partial charge in [-0.05, 0) is 35.6 Å². The van der Waals surface area contributed by atoms with Crippen molar-refractivity contribution in [3.63, 3.8) is 0 Å². The van der Waals surface area contributed by atoms with E-state index in [9.17, 15) is 14.4 Å². The molecule has 0 spiro atoms. The molecule has 0 aliphatic carbocycles. The number of thiazole rings is 1. The maximum atomic E-state index is 13.1. The van der Waals surface area contributed by atoms with Gasteiger partial charge < -0.3 is 9.47 Å². The van der Waals surface area contributed by atoms with Crippen LogP contribution in [0.5, 0.6) is 5.75 Å². The van der Waals surface area contributed by atoms with E-state index < -0.39 is 23.9 Å². The lowest BCUT2D eigenvalue weighted by molar-refractivity contribution is -0.127. The zero-order chi connectivity index (χ0) is 29.9. The summed E-state index contributed by atoms with van der Waals surface area (Å²) in [6.07, 6.45) is -0.262. The number of nitrogens with one attached hydrogen (secondary N) is 2. The van der Waals surface area contributed by atoms with Crippen molar-refractivity contribution in [1.29, 1.82) is 0 Å². The van der Waals surface area contributed by atoms with Crippen LogP contribution in [-0.4, -0.2) is 40.9 Å². The third-order valence-corrected chi connectivity index (χ3v) is 7.22. The highest BCUT2D eigenvalue weighted by atomic mass is 32.1. The molecule has 0 unspecified atom stereocenters. The molecule has 3 aromatic carbocycles. The number of amides is 3. The Kier molecular flexibility index (Phi) is 10.7. The minimum absolute atomic E-state index is 0.0867. The lowest BCUT2D eigenvalue weighted by Crippen LogP contribution is -2.53. The molecule has 0 fully saturated rings. The number of hydrogen-bond acceptors (Lipinski definition) is 7. The van der Waals surface area contributed by atoms with Crippen LogP contribution in [0.4, 0.5) is 4.79 Å². The fourth-order valence-corrected chi connectivity index (χ4v) is 4.94. The van der Waals surface area contributed by atoms with Crippen LogP contribution in [0.3, 0.4) is 0 Å². The Morgan fingerprint density at radius 1 is 0.857 bits per heavy atom. The lowest BCUT2D eigenvalue weighted by atomic mass is 10.0. The first-order valence-electron chi connectivity index (χ1n) is 13.6. The van der Waals surface area contributed by atoms with Crippen molar-refractivity contribution in [1.82, 2.24) is 20.7 Å². The number of rotatable bonds is 11. The molecule has 218 valence electrons. The lowest BCUT2D eigenvalue weighted by Gasteiger charge is -2.27. The molecule has 0 radical (unpaired) electrons. The highest BCUT2D eigenvalue weighted by Gasteiger charge is 2.29. The predicted molar refractivity (Wildman–Crippen MR) is 162 cm³/mol. The number of nitrogens with zero attached hydrogens (tertiary/aromatic N) is 2. The van der Waals surface area contributed by atoms with E-state index >= 15 is 0 Å². The number of aromatic nitrogens is 1. The smallest absolute Gasteiger partial charge is 0.410 e. The second-order valence-corrected chi connectivity index (χ2v) is 10.9. The Bertz CT molecular complexity index is 1480. The molecule has 0 saturated carbocycles. The highest BCUT2D eigenvalue weighted by molar-refractivity contribution is 7.13. The maximum Gasteiger partial charge on any atom is 0.410 e. The standard InChI is InChI=1S/C32H34N4O5S/c1-22(2)18-27(36(3)32(39)41-20-24-14-8-5-9-15-24)30(38)35-34-29(37)26-21-42-31(33-26)25-16-10-11-17-28(25)40-19-23-12-6-4-7-13-23/h4-17,21-22,27H,18-20H2,1-3H3,(H,34,37)(H,35,38)/t27-/m1/s1. The van der Waals surface area contributed by atoms with Crippen LogP contribution >= 0.6 is 11.3 Å². The van der Waals surface area contributed by atoms with Gasteiger partial charge in [-0.2, -0.15) is 0 Å². The van der Waals surface area contributed by atoms with Crippen molar-refractivity contribution in [3.05, 3.63) is 107 Å². The molecule has 4 rings (SSSR count). The first kappa shape index (κ1) is 30.3. The summed E-state index contributed by atoms with van der Waals surface area (Å²) in [4.78, 5) is 44.4. The molecule has 3 amide bonds. The summed E-state index contributed by atoms with van der Waals surface area (Å²) >= 11 is 1.29. The summed E-state index contributed by atoms with van der Waals surface area (Å²) in [5.41, 5.74) is 7.65. The molecule has 1 atom stereocenters. The van der Waals surface area contributed by atoms with E-state index in [0.717, 1.165) is 16.7 Å². The van der Waals surface area contributed by atoms with Crippen molar-refractivity contribution >= 4 is 29.2 Å². The van der Waals surface area contributed by atoms with Gasteiger partial charge in [-0.25, -0.2) is 9.78 Å². The van der Waals surface area contributed by atoms with Crippen LogP contribution in [0, 0.1) is 5.92 Å². The van der Waals surface area contributed by atoms with E-state index in [0.29, 0.717) is 23.8 Å². The van der Waals surface area contributed by atoms with Crippen molar-refractivity contribution in [2.24, 2.45) is 5.92 Å². The summed E-state index contributed by atoms with van der Waals surface area (Å²) < 4.78 is 11.4. The van der Waals surface area contributed by atoms with Crippen molar-refractivity contribution in [3.8, 4) is 16.3 Å². The van der Waals surface area contributed by atoms with E-state index in [-0.39, 0.29) is 18.2 Å². The van der Waals surface area contributed by atoms with E-state index in [1.165, 1.54) is 23.3 Å². The Morgan fingerprint density at radius 3 is 2.14 bits per heavy atom.